The summed E-state index contributed by atoms with van der Waals surface area (Å²) in [6, 6.07) is 18.7. The number of aryl methyl sites for hydroxylation is 2. The van der Waals surface area contributed by atoms with Crippen molar-refractivity contribution in [1.82, 2.24) is 4.31 Å². The number of carbonyl (C=O) groups excluding carboxylic acids is 1. The molecule has 2 heterocycles. The molecule has 5 nitrogen and oxygen atoms in total. The van der Waals surface area contributed by atoms with Gasteiger partial charge in [-0.25, -0.2) is 4.31 Å². The third-order valence-electron chi connectivity index (χ3n) is 7.04. The predicted molar refractivity (Wildman–Crippen MR) is 145 cm³/mol. The molecule has 6 heteroatoms. The van der Waals surface area contributed by atoms with Crippen LogP contribution >= 0.6 is 11.9 Å². The molecule has 0 amide bonds. The highest BCUT2D eigenvalue weighted by atomic mass is 32.2. The van der Waals surface area contributed by atoms with Crippen LogP contribution in [0.1, 0.15) is 34.6 Å². The van der Waals surface area contributed by atoms with Crippen molar-refractivity contribution in [2.75, 3.05) is 32.6 Å². The summed E-state index contributed by atoms with van der Waals surface area (Å²) in [7, 11) is 0. The minimum atomic E-state index is 0.148. The zero-order chi connectivity index (χ0) is 25.1. The second-order valence-corrected chi connectivity index (χ2v) is 10.6. The summed E-state index contributed by atoms with van der Waals surface area (Å²) in [5.41, 5.74) is 7.04. The van der Waals surface area contributed by atoms with Crippen LogP contribution in [0.2, 0.25) is 0 Å². The Morgan fingerprint density at radius 2 is 1.83 bits per heavy atom. The summed E-state index contributed by atoms with van der Waals surface area (Å²) in [4.78, 5) is 10.9. The average Bonchev–Trinajstić information content (AvgIpc) is 3.24. The quantitative estimate of drug-likeness (QED) is 0.242. The van der Waals surface area contributed by atoms with Crippen LogP contribution in [-0.2, 0) is 11.4 Å². The van der Waals surface area contributed by atoms with E-state index in [4.69, 9.17) is 14.2 Å². The number of ether oxygens (including phenoxy) is 3. The van der Waals surface area contributed by atoms with Crippen LogP contribution in [-0.4, -0.2) is 43.2 Å². The highest BCUT2D eigenvalue weighted by Crippen LogP contribution is 2.38. The maximum atomic E-state index is 10.9. The largest absolute Gasteiger partial charge is 0.493 e. The van der Waals surface area contributed by atoms with Crippen molar-refractivity contribution in [3.63, 3.8) is 0 Å². The Morgan fingerprint density at radius 3 is 2.58 bits per heavy atom. The molecule has 3 aromatic rings. The van der Waals surface area contributed by atoms with Crippen LogP contribution < -0.4 is 14.2 Å². The normalized spacial score (nSPS) is 17.2. The first-order valence-electron chi connectivity index (χ1n) is 12.5. The number of rotatable bonds is 10. The number of benzene rings is 3. The minimum Gasteiger partial charge on any atom is -0.493 e. The standard InChI is InChI=1S/C30H33NO4S/c1-20-11-27(34-18-23-15-31(16-23)36-3)12-21(2)30(20)24-6-4-5-22(13-24)17-33-26-7-8-28-25(9-10-32)19-35-29(28)14-26/h4-8,10-14,23,25H,9,15-19H2,1-3H3. The number of hydrogen-bond acceptors (Lipinski definition) is 6. The van der Waals surface area contributed by atoms with Crippen LogP contribution in [0.4, 0.5) is 0 Å². The van der Waals surface area contributed by atoms with E-state index in [0.717, 1.165) is 54.4 Å². The Hall–Kier alpha value is -2.96. The molecule has 188 valence electrons. The third kappa shape index (κ3) is 5.40. The molecule has 36 heavy (non-hydrogen) atoms. The summed E-state index contributed by atoms with van der Waals surface area (Å²) < 4.78 is 20.4. The minimum absolute atomic E-state index is 0.148. The van der Waals surface area contributed by atoms with Gasteiger partial charge in [-0.3, -0.25) is 0 Å². The maximum Gasteiger partial charge on any atom is 0.126 e. The Labute approximate surface area is 217 Å². The molecule has 1 saturated heterocycles. The van der Waals surface area contributed by atoms with Crippen LogP contribution in [0.5, 0.6) is 17.2 Å². The van der Waals surface area contributed by atoms with E-state index < -0.39 is 0 Å². The molecule has 5 rings (SSSR count). The Bertz CT molecular complexity index is 1210. The Kier molecular flexibility index (Phi) is 7.54. The van der Waals surface area contributed by atoms with E-state index in [9.17, 15) is 4.79 Å². The Balaban J connectivity index is 1.24. The lowest BCUT2D eigenvalue weighted by Crippen LogP contribution is -2.44. The molecule has 3 aromatic carbocycles. The monoisotopic (exact) mass is 503 g/mol. The van der Waals surface area contributed by atoms with E-state index in [1.54, 1.807) is 11.9 Å². The molecule has 0 saturated carbocycles. The van der Waals surface area contributed by atoms with E-state index in [1.165, 1.54) is 22.3 Å². The predicted octanol–water partition coefficient (Wildman–Crippen LogP) is 6.20. The maximum absolute atomic E-state index is 10.9. The van der Waals surface area contributed by atoms with Crippen molar-refractivity contribution < 1.29 is 19.0 Å². The van der Waals surface area contributed by atoms with Crippen molar-refractivity contribution in [2.45, 2.75) is 32.8 Å². The van der Waals surface area contributed by atoms with Gasteiger partial charge in [-0.2, -0.15) is 0 Å². The first-order valence-corrected chi connectivity index (χ1v) is 13.7. The number of carbonyl (C=O) groups is 1. The molecule has 1 fully saturated rings. The van der Waals surface area contributed by atoms with Gasteiger partial charge < -0.3 is 19.0 Å². The van der Waals surface area contributed by atoms with E-state index in [1.807, 2.05) is 18.2 Å². The lowest BCUT2D eigenvalue weighted by Gasteiger charge is -2.36. The van der Waals surface area contributed by atoms with Gasteiger partial charge in [0, 0.05) is 43.0 Å². The molecule has 0 aromatic heterocycles. The lowest BCUT2D eigenvalue weighted by molar-refractivity contribution is -0.108. The molecule has 2 aliphatic heterocycles. The zero-order valence-corrected chi connectivity index (χ0v) is 22.0. The van der Waals surface area contributed by atoms with Gasteiger partial charge in [-0.05, 0) is 72.2 Å². The Morgan fingerprint density at radius 1 is 1.03 bits per heavy atom. The van der Waals surface area contributed by atoms with Crippen molar-refractivity contribution >= 4 is 18.2 Å². The fourth-order valence-corrected chi connectivity index (χ4v) is 5.81. The van der Waals surface area contributed by atoms with Gasteiger partial charge in [-0.15, -0.1) is 0 Å². The number of aldehydes is 1. The molecule has 0 radical (unpaired) electrons. The van der Waals surface area contributed by atoms with E-state index >= 15 is 0 Å². The van der Waals surface area contributed by atoms with E-state index in [-0.39, 0.29) is 5.92 Å². The van der Waals surface area contributed by atoms with Crippen molar-refractivity contribution in [3.8, 4) is 28.4 Å². The first kappa shape index (κ1) is 24.7. The number of nitrogens with zero attached hydrogens (tertiary/aromatic N) is 1. The summed E-state index contributed by atoms with van der Waals surface area (Å²) in [6.45, 7) is 8.31. The molecule has 0 aliphatic carbocycles. The van der Waals surface area contributed by atoms with Crippen LogP contribution in [0.25, 0.3) is 11.1 Å². The molecule has 1 atom stereocenters. The van der Waals surface area contributed by atoms with Crippen molar-refractivity contribution in [2.24, 2.45) is 5.92 Å². The van der Waals surface area contributed by atoms with Gasteiger partial charge in [0.05, 0.1) is 13.2 Å². The highest BCUT2D eigenvalue weighted by Gasteiger charge is 2.27. The fraction of sp³-hybridized carbons (Fsp3) is 0.367. The summed E-state index contributed by atoms with van der Waals surface area (Å²) in [5, 5.41) is 0. The summed E-state index contributed by atoms with van der Waals surface area (Å²) in [6.07, 6.45) is 3.57. The molecule has 0 spiro atoms. The van der Waals surface area contributed by atoms with E-state index in [0.29, 0.717) is 25.6 Å². The van der Waals surface area contributed by atoms with Crippen molar-refractivity contribution in [3.05, 3.63) is 76.9 Å². The number of hydrogen-bond donors (Lipinski definition) is 0. The molecule has 0 N–H and O–H groups in total. The molecule has 0 bridgehead atoms. The summed E-state index contributed by atoms with van der Waals surface area (Å²) in [5.74, 6) is 3.30. The smallest absolute Gasteiger partial charge is 0.126 e. The first-order chi connectivity index (χ1) is 17.5. The van der Waals surface area contributed by atoms with Gasteiger partial charge in [0.2, 0.25) is 0 Å². The fourth-order valence-electron chi connectivity index (χ4n) is 5.09. The molecular weight excluding hydrogens is 470 g/mol. The van der Waals surface area contributed by atoms with Gasteiger partial charge >= 0.3 is 0 Å². The van der Waals surface area contributed by atoms with Crippen LogP contribution in [0.3, 0.4) is 0 Å². The summed E-state index contributed by atoms with van der Waals surface area (Å²) >= 11 is 1.80. The molecular formula is C30H33NO4S. The average molecular weight is 504 g/mol. The van der Waals surface area contributed by atoms with Gasteiger partial charge in [-0.1, -0.05) is 36.2 Å². The second-order valence-electron chi connectivity index (χ2n) is 9.74. The van der Waals surface area contributed by atoms with Crippen LogP contribution in [0.15, 0.2) is 54.6 Å². The zero-order valence-electron chi connectivity index (χ0n) is 21.2. The topological polar surface area (TPSA) is 48.0 Å². The third-order valence-corrected chi connectivity index (χ3v) is 7.86. The number of fused-ring (bicyclic) bond motifs is 1. The van der Waals surface area contributed by atoms with Crippen LogP contribution in [0, 0.1) is 19.8 Å². The van der Waals surface area contributed by atoms with E-state index in [2.05, 4.69) is 60.8 Å². The second kappa shape index (κ2) is 11.0. The highest BCUT2D eigenvalue weighted by molar-refractivity contribution is 7.96. The molecule has 1 unspecified atom stereocenters. The van der Waals surface area contributed by atoms with Gasteiger partial charge in [0.1, 0.15) is 30.1 Å². The molecule has 2 aliphatic rings. The SMILES string of the molecule is CSN1CC(COc2cc(C)c(-c3cccc(COc4ccc5c(c4)OCC5CC=O)c3)c(C)c2)C1. The lowest BCUT2D eigenvalue weighted by atomic mass is 9.94. The van der Waals surface area contributed by atoms with Gasteiger partial charge in [0.25, 0.3) is 0 Å². The van der Waals surface area contributed by atoms with Gasteiger partial charge in [0.15, 0.2) is 0 Å². The van der Waals surface area contributed by atoms with Crippen molar-refractivity contribution in [1.29, 1.82) is 0 Å².